The number of halogens is 5. The zero-order valence-corrected chi connectivity index (χ0v) is 13.9. The van der Waals surface area contributed by atoms with Gasteiger partial charge in [0.1, 0.15) is 0 Å². The van der Waals surface area contributed by atoms with Crippen LogP contribution in [0.15, 0.2) is 30.6 Å². The van der Waals surface area contributed by atoms with E-state index < -0.39 is 35.2 Å². The standard InChI is InChI=1S/C16H12F5N5O2/c17-10-2-1-9(5-11(10)18)15(3-4-15)24-14-22-6-8(7-23-14)12(27)25-26-13(28)16(19,20)21/h1-2,5-7H,3-4H2,(H,25,27)(H,26,28)(H,22,23,24). The molecule has 3 N–H and O–H groups in total. The lowest BCUT2D eigenvalue weighted by Gasteiger charge is -2.18. The molecular formula is C16H12F5N5O2. The minimum atomic E-state index is -5.14. The molecule has 1 heterocycles. The van der Waals surface area contributed by atoms with Gasteiger partial charge in [0.05, 0.1) is 11.1 Å². The number of hydrazine groups is 1. The SMILES string of the molecule is O=C(NNC(=O)C(F)(F)F)c1cnc(NC2(c3ccc(F)c(F)c3)CC2)nc1. The van der Waals surface area contributed by atoms with Crippen LogP contribution in [0.5, 0.6) is 0 Å². The van der Waals surface area contributed by atoms with Crippen molar-refractivity contribution in [1.29, 1.82) is 0 Å². The second-order valence-electron chi connectivity index (χ2n) is 6.04. The Kier molecular flexibility index (Phi) is 4.87. The van der Waals surface area contributed by atoms with Gasteiger partial charge in [0, 0.05) is 12.4 Å². The summed E-state index contributed by atoms with van der Waals surface area (Å²) in [5.74, 6) is -5.26. The third-order valence-electron chi connectivity index (χ3n) is 4.03. The molecule has 0 unspecified atom stereocenters. The van der Waals surface area contributed by atoms with Crippen molar-refractivity contribution in [2.45, 2.75) is 24.6 Å². The number of hydrogen-bond acceptors (Lipinski definition) is 5. The van der Waals surface area contributed by atoms with E-state index in [-0.39, 0.29) is 11.5 Å². The van der Waals surface area contributed by atoms with E-state index in [0.29, 0.717) is 18.4 Å². The molecule has 0 atom stereocenters. The molecule has 1 aromatic carbocycles. The Bertz CT molecular complexity index is 913. The molecule has 2 aromatic rings. The van der Waals surface area contributed by atoms with Crippen molar-refractivity contribution in [3.63, 3.8) is 0 Å². The lowest BCUT2D eigenvalue weighted by molar-refractivity contribution is -0.174. The van der Waals surface area contributed by atoms with Gasteiger partial charge in [0.2, 0.25) is 5.95 Å². The number of rotatable bonds is 4. The molecule has 148 valence electrons. The molecule has 1 aliphatic rings. The van der Waals surface area contributed by atoms with E-state index >= 15 is 0 Å². The number of alkyl halides is 3. The van der Waals surface area contributed by atoms with Crippen LogP contribution in [0, 0.1) is 11.6 Å². The predicted octanol–water partition coefficient (Wildman–Crippen LogP) is 2.18. The summed E-state index contributed by atoms with van der Waals surface area (Å²) in [7, 11) is 0. The largest absolute Gasteiger partial charge is 0.472 e. The first-order valence-electron chi connectivity index (χ1n) is 7.84. The Morgan fingerprint density at radius 2 is 1.64 bits per heavy atom. The molecule has 12 heteroatoms. The molecule has 1 saturated carbocycles. The van der Waals surface area contributed by atoms with Gasteiger partial charge >= 0.3 is 12.1 Å². The maximum absolute atomic E-state index is 13.4. The van der Waals surface area contributed by atoms with E-state index in [2.05, 4.69) is 15.3 Å². The molecule has 2 amide bonds. The topological polar surface area (TPSA) is 96.0 Å². The van der Waals surface area contributed by atoms with Crippen molar-refractivity contribution in [2.24, 2.45) is 0 Å². The Hall–Kier alpha value is -3.31. The van der Waals surface area contributed by atoms with Gasteiger partial charge in [-0.1, -0.05) is 6.07 Å². The Morgan fingerprint density at radius 1 is 1.00 bits per heavy atom. The van der Waals surface area contributed by atoms with E-state index in [9.17, 15) is 31.5 Å². The summed E-state index contributed by atoms with van der Waals surface area (Å²) in [6.07, 6.45) is -1.84. The fraction of sp³-hybridized carbons (Fsp3) is 0.250. The summed E-state index contributed by atoms with van der Waals surface area (Å²) in [4.78, 5) is 30.1. The van der Waals surface area contributed by atoms with Crippen molar-refractivity contribution in [3.05, 3.63) is 53.4 Å². The molecule has 7 nitrogen and oxygen atoms in total. The number of nitrogens with one attached hydrogen (secondary N) is 3. The third kappa shape index (κ3) is 4.15. The summed E-state index contributed by atoms with van der Waals surface area (Å²) in [5.41, 5.74) is 2.44. The molecule has 1 aliphatic carbocycles. The fourth-order valence-electron chi connectivity index (χ4n) is 2.39. The molecule has 0 saturated heterocycles. The zero-order chi connectivity index (χ0) is 20.5. The van der Waals surface area contributed by atoms with Crippen LogP contribution in [-0.4, -0.2) is 28.0 Å². The second-order valence-corrected chi connectivity index (χ2v) is 6.04. The maximum atomic E-state index is 13.4. The van der Waals surface area contributed by atoms with Gasteiger partial charge in [0.25, 0.3) is 5.91 Å². The number of benzene rings is 1. The highest BCUT2D eigenvalue weighted by molar-refractivity contribution is 5.95. The first-order chi connectivity index (χ1) is 13.1. The molecular weight excluding hydrogens is 389 g/mol. The van der Waals surface area contributed by atoms with Gasteiger partial charge in [-0.05, 0) is 30.5 Å². The van der Waals surface area contributed by atoms with Crippen LogP contribution in [0.3, 0.4) is 0 Å². The number of aromatic nitrogens is 2. The quantitative estimate of drug-likeness (QED) is 0.539. The lowest BCUT2D eigenvalue weighted by Crippen LogP contribution is -2.47. The van der Waals surface area contributed by atoms with Crippen LogP contribution >= 0.6 is 0 Å². The van der Waals surface area contributed by atoms with Crippen LogP contribution < -0.4 is 16.2 Å². The molecule has 1 fully saturated rings. The molecule has 3 rings (SSSR count). The van der Waals surface area contributed by atoms with E-state index in [1.54, 1.807) is 5.43 Å². The van der Waals surface area contributed by atoms with Crippen molar-refractivity contribution in [1.82, 2.24) is 20.8 Å². The van der Waals surface area contributed by atoms with Gasteiger partial charge in [-0.25, -0.2) is 18.7 Å². The van der Waals surface area contributed by atoms with E-state index in [4.69, 9.17) is 0 Å². The van der Waals surface area contributed by atoms with Gasteiger partial charge < -0.3 is 5.32 Å². The molecule has 0 spiro atoms. The van der Waals surface area contributed by atoms with Crippen molar-refractivity contribution in [3.8, 4) is 0 Å². The maximum Gasteiger partial charge on any atom is 0.472 e. The highest BCUT2D eigenvalue weighted by Gasteiger charge is 2.45. The zero-order valence-electron chi connectivity index (χ0n) is 13.9. The summed E-state index contributed by atoms with van der Waals surface area (Å²) >= 11 is 0. The highest BCUT2D eigenvalue weighted by Crippen LogP contribution is 2.48. The van der Waals surface area contributed by atoms with Crippen molar-refractivity contribution < 1.29 is 31.5 Å². The molecule has 0 bridgehead atoms. The normalized spacial score (nSPS) is 14.9. The number of carbonyl (C=O) groups is 2. The molecule has 1 aromatic heterocycles. The summed E-state index contributed by atoms with van der Waals surface area (Å²) < 4.78 is 62.7. The Labute approximate surface area is 154 Å². The smallest absolute Gasteiger partial charge is 0.345 e. The molecule has 0 radical (unpaired) electrons. The first-order valence-corrected chi connectivity index (χ1v) is 7.84. The molecule has 28 heavy (non-hydrogen) atoms. The van der Waals surface area contributed by atoms with E-state index in [1.807, 2.05) is 0 Å². The number of hydrogen-bond donors (Lipinski definition) is 3. The molecule has 0 aliphatic heterocycles. The first kappa shape index (κ1) is 19.5. The summed E-state index contributed by atoms with van der Waals surface area (Å²) in [6, 6.07) is 3.51. The highest BCUT2D eigenvalue weighted by atomic mass is 19.4. The average Bonchev–Trinajstić information content (AvgIpc) is 3.42. The number of carbonyl (C=O) groups excluding carboxylic acids is 2. The minimum absolute atomic E-state index is 0.0816. The van der Waals surface area contributed by atoms with Crippen LogP contribution in [-0.2, 0) is 10.3 Å². The average molecular weight is 401 g/mol. The summed E-state index contributed by atoms with van der Waals surface area (Å²) in [6.45, 7) is 0. The van der Waals surface area contributed by atoms with E-state index in [0.717, 1.165) is 24.5 Å². The van der Waals surface area contributed by atoms with Gasteiger partial charge in [-0.15, -0.1) is 0 Å². The Balaban J connectivity index is 1.64. The number of amides is 2. The number of anilines is 1. The Morgan fingerprint density at radius 3 is 2.18 bits per heavy atom. The van der Waals surface area contributed by atoms with Crippen molar-refractivity contribution in [2.75, 3.05) is 5.32 Å². The summed E-state index contributed by atoms with van der Waals surface area (Å²) in [5, 5.41) is 2.97. The third-order valence-corrected chi connectivity index (χ3v) is 4.03. The van der Waals surface area contributed by atoms with Crippen LogP contribution in [0.25, 0.3) is 0 Å². The predicted molar refractivity (Wildman–Crippen MR) is 84.6 cm³/mol. The number of nitrogens with zero attached hydrogens (tertiary/aromatic N) is 2. The van der Waals surface area contributed by atoms with Gasteiger partial charge in [0.15, 0.2) is 11.6 Å². The van der Waals surface area contributed by atoms with Gasteiger partial charge in [-0.3, -0.25) is 20.4 Å². The van der Waals surface area contributed by atoms with Gasteiger partial charge in [-0.2, -0.15) is 13.2 Å². The van der Waals surface area contributed by atoms with E-state index in [1.165, 1.54) is 11.5 Å². The fourth-order valence-corrected chi connectivity index (χ4v) is 2.39. The monoisotopic (exact) mass is 401 g/mol. The van der Waals surface area contributed by atoms with Crippen LogP contribution in [0.2, 0.25) is 0 Å². The van der Waals surface area contributed by atoms with Crippen molar-refractivity contribution >= 4 is 17.8 Å². The van der Waals surface area contributed by atoms with Crippen LogP contribution in [0.4, 0.5) is 27.9 Å². The van der Waals surface area contributed by atoms with Crippen LogP contribution in [0.1, 0.15) is 28.8 Å². The lowest BCUT2D eigenvalue weighted by atomic mass is 10.0. The second kappa shape index (κ2) is 7.02. The minimum Gasteiger partial charge on any atom is -0.345 e.